The average molecular weight is 278 g/mol. The van der Waals surface area contributed by atoms with Crippen molar-refractivity contribution in [1.29, 1.82) is 0 Å². The Labute approximate surface area is 116 Å². The first-order chi connectivity index (χ1) is 8.76. The molecule has 5 nitrogen and oxygen atoms in total. The van der Waals surface area contributed by atoms with Gasteiger partial charge >= 0.3 is 0 Å². The minimum Gasteiger partial charge on any atom is -0.396 e. The van der Waals surface area contributed by atoms with E-state index in [1.165, 1.54) is 0 Å². The van der Waals surface area contributed by atoms with Crippen molar-refractivity contribution in [2.45, 2.75) is 51.7 Å². The van der Waals surface area contributed by atoms with Crippen LogP contribution >= 0.6 is 0 Å². The summed E-state index contributed by atoms with van der Waals surface area (Å²) in [6.07, 6.45) is 1.12. The molecule has 0 fully saturated rings. The van der Waals surface area contributed by atoms with Gasteiger partial charge in [0.1, 0.15) is 0 Å². The molecule has 0 rings (SSSR count). The van der Waals surface area contributed by atoms with Crippen LogP contribution in [0.2, 0.25) is 0 Å². The Morgan fingerprint density at radius 1 is 0.789 bits per heavy atom. The van der Waals surface area contributed by atoms with Gasteiger partial charge in [-0.15, -0.1) is 0 Å². The Hall–Kier alpha value is -0.200. The molecular weight excluding hydrogens is 248 g/mol. The molecule has 0 atom stereocenters. The normalized spacial score (nSPS) is 13.3. The molecule has 19 heavy (non-hydrogen) atoms. The molecule has 0 spiro atoms. The van der Waals surface area contributed by atoms with Crippen molar-refractivity contribution < 1.29 is 24.8 Å². The van der Waals surface area contributed by atoms with Gasteiger partial charge in [-0.3, -0.25) is 0 Å². The highest BCUT2D eigenvalue weighted by atomic mass is 16.5. The number of hydrogen-bond donors (Lipinski definition) is 3. The predicted molar refractivity (Wildman–Crippen MR) is 74.0 cm³/mol. The van der Waals surface area contributed by atoms with E-state index in [1.54, 1.807) is 0 Å². The second-order valence-electron chi connectivity index (χ2n) is 6.14. The van der Waals surface area contributed by atoms with E-state index in [4.69, 9.17) is 19.7 Å². The van der Waals surface area contributed by atoms with Crippen LogP contribution in [0.3, 0.4) is 0 Å². The topological polar surface area (TPSA) is 79.2 Å². The maximum Gasteiger partial charge on any atom is 0.0648 e. The Morgan fingerprint density at radius 3 is 1.42 bits per heavy atom. The molecular formula is C14H30O5. The van der Waals surface area contributed by atoms with Gasteiger partial charge in [0.2, 0.25) is 0 Å². The molecule has 0 unspecified atom stereocenters. The summed E-state index contributed by atoms with van der Waals surface area (Å²) in [5.41, 5.74) is -0.800. The lowest BCUT2D eigenvalue weighted by Gasteiger charge is -2.30. The summed E-state index contributed by atoms with van der Waals surface area (Å²) in [7, 11) is 0. The summed E-state index contributed by atoms with van der Waals surface area (Å²) in [6, 6.07) is 0. The van der Waals surface area contributed by atoms with Crippen LogP contribution in [0.25, 0.3) is 0 Å². The van der Waals surface area contributed by atoms with Crippen LogP contribution in [0, 0.1) is 5.92 Å². The second kappa shape index (κ2) is 8.87. The molecule has 0 aromatic carbocycles. The summed E-state index contributed by atoms with van der Waals surface area (Å²) in [4.78, 5) is 0. The van der Waals surface area contributed by atoms with Crippen LogP contribution in [0.1, 0.15) is 40.5 Å². The maximum atomic E-state index is 9.32. The average Bonchev–Trinajstić information content (AvgIpc) is 2.28. The van der Waals surface area contributed by atoms with E-state index in [1.807, 2.05) is 27.7 Å². The first kappa shape index (κ1) is 18.8. The van der Waals surface area contributed by atoms with Gasteiger partial charge in [0.05, 0.1) is 31.0 Å². The molecule has 0 amide bonds. The van der Waals surface area contributed by atoms with E-state index in [2.05, 4.69) is 0 Å². The van der Waals surface area contributed by atoms with Gasteiger partial charge in [0.25, 0.3) is 0 Å². The molecule has 0 aromatic heterocycles. The van der Waals surface area contributed by atoms with Crippen LogP contribution in [-0.4, -0.2) is 59.6 Å². The zero-order chi connectivity index (χ0) is 14.9. The molecule has 0 aliphatic heterocycles. The molecule has 0 heterocycles. The van der Waals surface area contributed by atoms with Gasteiger partial charge in [-0.1, -0.05) is 0 Å². The largest absolute Gasteiger partial charge is 0.396 e. The molecule has 0 saturated heterocycles. The molecule has 116 valence electrons. The van der Waals surface area contributed by atoms with Crippen molar-refractivity contribution in [2.75, 3.05) is 33.0 Å². The standard InChI is InChI=1S/C14H30O5/c1-13(2,5-7-15)18-10-12(9-17)11-19-14(3,4)6-8-16/h12,15-17H,5-11H2,1-4H3. The second-order valence-corrected chi connectivity index (χ2v) is 6.14. The zero-order valence-corrected chi connectivity index (χ0v) is 12.7. The van der Waals surface area contributed by atoms with Gasteiger partial charge in [0, 0.05) is 19.1 Å². The lowest BCUT2D eigenvalue weighted by molar-refractivity contribution is -0.0963. The highest BCUT2D eigenvalue weighted by molar-refractivity contribution is 4.71. The Bertz CT molecular complexity index is 206. The molecule has 0 radical (unpaired) electrons. The number of hydrogen-bond acceptors (Lipinski definition) is 5. The Kier molecular flexibility index (Phi) is 8.78. The third kappa shape index (κ3) is 9.35. The summed E-state index contributed by atoms with van der Waals surface area (Å²) >= 11 is 0. The summed E-state index contributed by atoms with van der Waals surface area (Å²) < 4.78 is 11.4. The molecule has 3 N–H and O–H groups in total. The Balaban J connectivity index is 4.08. The van der Waals surface area contributed by atoms with Gasteiger partial charge in [-0.2, -0.15) is 0 Å². The Morgan fingerprint density at radius 2 is 1.16 bits per heavy atom. The van der Waals surface area contributed by atoms with Crippen molar-refractivity contribution in [2.24, 2.45) is 5.92 Å². The van der Waals surface area contributed by atoms with Crippen LogP contribution in [0.4, 0.5) is 0 Å². The lowest BCUT2D eigenvalue weighted by Crippen LogP contribution is -2.34. The minimum absolute atomic E-state index is 0.00951. The van der Waals surface area contributed by atoms with Gasteiger partial charge < -0.3 is 24.8 Å². The number of aliphatic hydroxyl groups excluding tert-OH is 3. The van der Waals surface area contributed by atoms with Crippen LogP contribution in [0.15, 0.2) is 0 Å². The van der Waals surface area contributed by atoms with Crippen molar-refractivity contribution in [3.63, 3.8) is 0 Å². The van der Waals surface area contributed by atoms with Crippen LogP contribution < -0.4 is 0 Å². The number of ether oxygens (including phenoxy) is 2. The number of aliphatic hydroxyl groups is 3. The maximum absolute atomic E-state index is 9.32. The van der Waals surface area contributed by atoms with E-state index in [0.717, 1.165) is 0 Å². The van der Waals surface area contributed by atoms with Crippen molar-refractivity contribution in [3.05, 3.63) is 0 Å². The van der Waals surface area contributed by atoms with Crippen LogP contribution in [-0.2, 0) is 9.47 Å². The van der Waals surface area contributed by atoms with Gasteiger partial charge in [-0.25, -0.2) is 0 Å². The molecule has 0 saturated carbocycles. The first-order valence-electron chi connectivity index (χ1n) is 6.87. The van der Waals surface area contributed by atoms with E-state index >= 15 is 0 Å². The highest BCUT2D eigenvalue weighted by Gasteiger charge is 2.23. The van der Waals surface area contributed by atoms with Gasteiger partial charge in [-0.05, 0) is 40.5 Å². The SMILES string of the molecule is CC(C)(CCO)OCC(CO)COC(C)(C)CCO. The van der Waals surface area contributed by atoms with E-state index < -0.39 is 11.2 Å². The smallest absolute Gasteiger partial charge is 0.0648 e. The summed E-state index contributed by atoms with van der Waals surface area (Å²) in [5, 5.41) is 27.2. The fraction of sp³-hybridized carbons (Fsp3) is 1.00. The van der Waals surface area contributed by atoms with Crippen molar-refractivity contribution >= 4 is 0 Å². The summed E-state index contributed by atoms with van der Waals surface area (Å²) in [6.45, 7) is 8.57. The monoisotopic (exact) mass is 278 g/mol. The zero-order valence-electron chi connectivity index (χ0n) is 12.7. The van der Waals surface area contributed by atoms with E-state index in [-0.39, 0.29) is 25.7 Å². The third-order valence-corrected chi connectivity index (χ3v) is 3.11. The highest BCUT2D eigenvalue weighted by Crippen LogP contribution is 2.18. The third-order valence-electron chi connectivity index (χ3n) is 3.11. The molecule has 0 aromatic rings. The number of rotatable bonds is 11. The van der Waals surface area contributed by atoms with E-state index in [9.17, 15) is 5.11 Å². The van der Waals surface area contributed by atoms with Gasteiger partial charge in [0.15, 0.2) is 0 Å². The fourth-order valence-corrected chi connectivity index (χ4v) is 1.52. The predicted octanol–water partition coefficient (Wildman–Crippen LogP) is 0.950. The molecule has 0 aliphatic rings. The molecule has 0 bridgehead atoms. The molecule has 5 heteroatoms. The summed E-state index contributed by atoms with van der Waals surface area (Å²) in [5.74, 6) is -0.101. The fourth-order valence-electron chi connectivity index (χ4n) is 1.52. The van der Waals surface area contributed by atoms with Crippen molar-refractivity contribution in [3.8, 4) is 0 Å². The quantitative estimate of drug-likeness (QED) is 0.524. The molecule has 0 aliphatic carbocycles. The minimum atomic E-state index is -0.400. The van der Waals surface area contributed by atoms with Crippen LogP contribution in [0.5, 0.6) is 0 Å². The van der Waals surface area contributed by atoms with E-state index in [0.29, 0.717) is 26.1 Å². The lowest BCUT2D eigenvalue weighted by atomic mass is 10.0. The van der Waals surface area contributed by atoms with Crippen molar-refractivity contribution in [1.82, 2.24) is 0 Å². The first-order valence-corrected chi connectivity index (χ1v) is 6.87.